The second kappa shape index (κ2) is 7.16. The molecule has 2 aromatic rings. The summed E-state index contributed by atoms with van der Waals surface area (Å²) in [6.07, 6.45) is 1.01. The highest BCUT2D eigenvalue weighted by molar-refractivity contribution is 6.03. The highest BCUT2D eigenvalue weighted by Gasteiger charge is 2.38. The molecule has 0 spiro atoms. The van der Waals surface area contributed by atoms with Gasteiger partial charge in [0.05, 0.1) is 0 Å². The van der Waals surface area contributed by atoms with Crippen LogP contribution in [0.5, 0.6) is 0 Å². The molecule has 0 saturated heterocycles. The van der Waals surface area contributed by atoms with Crippen LogP contribution < -0.4 is 4.90 Å². The van der Waals surface area contributed by atoms with E-state index in [2.05, 4.69) is 29.2 Å². The number of fused-ring (bicyclic) bond motifs is 2. The van der Waals surface area contributed by atoms with Crippen LogP contribution in [-0.4, -0.2) is 48.3 Å². The molecule has 1 atom stereocenters. The zero-order valence-electron chi connectivity index (χ0n) is 15.9. The van der Waals surface area contributed by atoms with Gasteiger partial charge in [-0.2, -0.15) is 0 Å². The summed E-state index contributed by atoms with van der Waals surface area (Å²) in [7, 11) is 3.49. The number of likely N-dealkylation sites (N-methyl/N-ethyl adjacent to an activating group) is 1. The highest BCUT2D eigenvalue weighted by Crippen LogP contribution is 2.33. The number of hydrogen-bond acceptors (Lipinski definition) is 3. The van der Waals surface area contributed by atoms with Gasteiger partial charge in [-0.25, -0.2) is 0 Å². The summed E-state index contributed by atoms with van der Waals surface area (Å²) in [5.41, 5.74) is 4.64. The predicted molar refractivity (Wildman–Crippen MR) is 105 cm³/mol. The van der Waals surface area contributed by atoms with Gasteiger partial charge in [0, 0.05) is 52.3 Å². The number of nitrogens with zero attached hydrogens (tertiary/aromatic N) is 3. The van der Waals surface area contributed by atoms with Gasteiger partial charge in [-0.15, -0.1) is 0 Å². The van der Waals surface area contributed by atoms with Crippen LogP contribution in [0.3, 0.4) is 0 Å². The molecule has 0 bridgehead atoms. The molecule has 2 aromatic carbocycles. The summed E-state index contributed by atoms with van der Waals surface area (Å²) in [6.45, 7) is 2.48. The Kier molecular flexibility index (Phi) is 4.70. The van der Waals surface area contributed by atoms with Crippen LogP contribution in [0.15, 0.2) is 48.5 Å². The van der Waals surface area contributed by atoms with Gasteiger partial charge in [0.15, 0.2) is 0 Å². The average Bonchev–Trinajstić information content (AvgIpc) is 3.26. The molecule has 1 unspecified atom stereocenters. The average molecular weight is 363 g/mol. The van der Waals surface area contributed by atoms with E-state index in [4.69, 9.17) is 0 Å². The molecular formula is C22H25N3O2. The van der Waals surface area contributed by atoms with Crippen LogP contribution >= 0.6 is 0 Å². The summed E-state index contributed by atoms with van der Waals surface area (Å²) in [4.78, 5) is 31.4. The number of rotatable bonds is 4. The molecule has 0 saturated carbocycles. The maximum atomic E-state index is 13.1. The Morgan fingerprint density at radius 2 is 1.56 bits per heavy atom. The third kappa shape index (κ3) is 3.35. The van der Waals surface area contributed by atoms with E-state index in [0.717, 1.165) is 24.3 Å². The lowest BCUT2D eigenvalue weighted by Gasteiger charge is -2.27. The molecule has 2 aliphatic heterocycles. The molecule has 5 heteroatoms. The standard InChI is InChI=1S/C22H25N3O2/c1-23(2)22(27)20-13-16-7-5-6-10-19(16)25(20)21(26)11-12-24-14-17-8-3-4-9-18(17)15-24/h3-10,20H,11-15H2,1-2H3. The normalized spacial score (nSPS) is 18.3. The van der Waals surface area contributed by atoms with Gasteiger partial charge in [-0.3, -0.25) is 19.4 Å². The van der Waals surface area contributed by atoms with Gasteiger partial charge in [-0.1, -0.05) is 42.5 Å². The van der Waals surface area contributed by atoms with Crippen molar-refractivity contribution in [2.75, 3.05) is 25.5 Å². The maximum Gasteiger partial charge on any atom is 0.245 e. The molecule has 5 nitrogen and oxygen atoms in total. The number of amides is 2. The Morgan fingerprint density at radius 3 is 2.19 bits per heavy atom. The van der Waals surface area contributed by atoms with E-state index in [0.29, 0.717) is 19.4 Å². The summed E-state index contributed by atoms with van der Waals surface area (Å²) in [5.74, 6) is 0.00392. The molecule has 140 valence electrons. The molecule has 2 heterocycles. The third-order valence-corrected chi connectivity index (χ3v) is 5.52. The van der Waals surface area contributed by atoms with Crippen LogP contribution in [-0.2, 0) is 29.1 Å². The topological polar surface area (TPSA) is 43.9 Å². The largest absolute Gasteiger partial charge is 0.347 e. The zero-order valence-corrected chi connectivity index (χ0v) is 15.9. The molecule has 0 N–H and O–H groups in total. The zero-order chi connectivity index (χ0) is 19.0. The van der Waals surface area contributed by atoms with Gasteiger partial charge >= 0.3 is 0 Å². The van der Waals surface area contributed by atoms with Crippen LogP contribution in [0.2, 0.25) is 0 Å². The number of hydrogen-bond donors (Lipinski definition) is 0. The fraction of sp³-hybridized carbons (Fsp3) is 0.364. The van der Waals surface area contributed by atoms with E-state index >= 15 is 0 Å². The van der Waals surface area contributed by atoms with Gasteiger partial charge in [0.1, 0.15) is 6.04 Å². The first-order chi connectivity index (χ1) is 13.0. The highest BCUT2D eigenvalue weighted by atomic mass is 16.2. The first-order valence-electron chi connectivity index (χ1n) is 9.45. The summed E-state index contributed by atoms with van der Waals surface area (Å²) >= 11 is 0. The Labute approximate surface area is 160 Å². The number of anilines is 1. The van der Waals surface area contributed by atoms with Crippen LogP contribution in [0, 0.1) is 0 Å². The van der Waals surface area contributed by atoms with Gasteiger partial charge in [-0.05, 0) is 22.8 Å². The van der Waals surface area contributed by atoms with E-state index in [1.54, 1.807) is 23.9 Å². The Balaban J connectivity index is 1.47. The van der Waals surface area contributed by atoms with E-state index in [1.807, 2.05) is 24.3 Å². The second-order valence-corrected chi connectivity index (χ2v) is 7.57. The minimum absolute atomic E-state index is 0.0203. The Morgan fingerprint density at radius 1 is 0.963 bits per heavy atom. The first kappa shape index (κ1) is 17.7. The van der Waals surface area contributed by atoms with E-state index < -0.39 is 6.04 Å². The van der Waals surface area contributed by atoms with E-state index in [1.165, 1.54) is 11.1 Å². The fourth-order valence-electron chi connectivity index (χ4n) is 4.13. The monoisotopic (exact) mass is 363 g/mol. The van der Waals surface area contributed by atoms with E-state index in [-0.39, 0.29) is 11.8 Å². The van der Waals surface area contributed by atoms with Crippen molar-refractivity contribution in [2.24, 2.45) is 0 Å². The molecule has 4 rings (SSSR count). The molecule has 2 amide bonds. The summed E-state index contributed by atoms with van der Waals surface area (Å²) in [5, 5.41) is 0. The fourth-order valence-corrected chi connectivity index (χ4v) is 4.13. The summed E-state index contributed by atoms with van der Waals surface area (Å²) in [6, 6.07) is 15.8. The number of carbonyl (C=O) groups is 2. The molecular weight excluding hydrogens is 338 g/mol. The van der Waals surface area contributed by atoms with Crippen molar-refractivity contribution in [1.29, 1.82) is 0 Å². The lowest BCUT2D eigenvalue weighted by Crippen LogP contribution is -2.48. The molecule has 0 radical (unpaired) electrons. The van der Waals surface area contributed by atoms with Gasteiger partial charge in [0.25, 0.3) is 0 Å². The minimum atomic E-state index is -0.430. The van der Waals surface area contributed by atoms with E-state index in [9.17, 15) is 9.59 Å². The van der Waals surface area contributed by atoms with Crippen molar-refractivity contribution in [3.8, 4) is 0 Å². The number of para-hydroxylation sites is 1. The van der Waals surface area contributed by atoms with Crippen molar-refractivity contribution < 1.29 is 9.59 Å². The Hall–Kier alpha value is -2.66. The molecule has 0 aromatic heterocycles. The lowest BCUT2D eigenvalue weighted by molar-refractivity contribution is -0.132. The predicted octanol–water partition coefficient (Wildman–Crippen LogP) is 2.44. The van der Waals surface area contributed by atoms with Crippen LogP contribution in [0.4, 0.5) is 5.69 Å². The molecule has 2 aliphatic rings. The van der Waals surface area contributed by atoms with Crippen LogP contribution in [0.1, 0.15) is 23.1 Å². The SMILES string of the molecule is CN(C)C(=O)C1Cc2ccccc2N1C(=O)CCN1Cc2ccccc2C1. The smallest absolute Gasteiger partial charge is 0.245 e. The Bertz CT molecular complexity index is 852. The molecule has 0 aliphatic carbocycles. The van der Waals surface area contributed by atoms with Crippen molar-refractivity contribution >= 4 is 17.5 Å². The van der Waals surface area contributed by atoms with Crippen molar-refractivity contribution in [1.82, 2.24) is 9.80 Å². The quantitative estimate of drug-likeness (QED) is 0.838. The minimum Gasteiger partial charge on any atom is -0.347 e. The summed E-state index contributed by atoms with van der Waals surface area (Å²) < 4.78 is 0. The van der Waals surface area contributed by atoms with Gasteiger partial charge in [0.2, 0.25) is 11.8 Å². The maximum absolute atomic E-state index is 13.1. The van der Waals surface area contributed by atoms with Crippen molar-refractivity contribution in [3.05, 3.63) is 65.2 Å². The number of carbonyl (C=O) groups excluding carboxylic acids is 2. The van der Waals surface area contributed by atoms with Crippen molar-refractivity contribution in [2.45, 2.75) is 32.0 Å². The molecule has 0 fully saturated rings. The lowest BCUT2D eigenvalue weighted by atomic mass is 10.1. The molecule has 27 heavy (non-hydrogen) atoms. The third-order valence-electron chi connectivity index (χ3n) is 5.52. The van der Waals surface area contributed by atoms with Crippen LogP contribution in [0.25, 0.3) is 0 Å². The van der Waals surface area contributed by atoms with Gasteiger partial charge < -0.3 is 4.90 Å². The number of benzene rings is 2. The second-order valence-electron chi connectivity index (χ2n) is 7.57. The first-order valence-corrected chi connectivity index (χ1v) is 9.45. The van der Waals surface area contributed by atoms with Crippen molar-refractivity contribution in [3.63, 3.8) is 0 Å².